The standard InChI is InChI=1S/C15H26N4O/c1-19(13-7-4-3-5-8-13)12-6-10-16-15-17-11-9-14(18-15)20-2/h9,11,13H,3-8,10,12H2,1-2H3,(H,16,17,18). The van der Waals surface area contributed by atoms with Crippen LogP contribution in [0.1, 0.15) is 38.5 Å². The quantitative estimate of drug-likeness (QED) is 0.777. The van der Waals surface area contributed by atoms with Gasteiger partial charge in [-0.25, -0.2) is 4.98 Å². The molecule has 0 aromatic carbocycles. The molecule has 20 heavy (non-hydrogen) atoms. The highest BCUT2D eigenvalue weighted by atomic mass is 16.5. The first kappa shape index (κ1) is 15.0. The molecule has 1 aliphatic rings. The Morgan fingerprint density at radius 1 is 1.35 bits per heavy atom. The minimum absolute atomic E-state index is 0.599. The Kier molecular flexibility index (Phi) is 6.05. The van der Waals surface area contributed by atoms with Gasteiger partial charge >= 0.3 is 0 Å². The van der Waals surface area contributed by atoms with E-state index in [-0.39, 0.29) is 0 Å². The summed E-state index contributed by atoms with van der Waals surface area (Å²) in [5.74, 6) is 1.24. The number of rotatable bonds is 7. The van der Waals surface area contributed by atoms with Crippen molar-refractivity contribution in [1.29, 1.82) is 0 Å². The number of nitrogens with one attached hydrogen (secondary N) is 1. The van der Waals surface area contributed by atoms with Crippen molar-refractivity contribution in [1.82, 2.24) is 14.9 Å². The van der Waals surface area contributed by atoms with Crippen LogP contribution in [0.3, 0.4) is 0 Å². The zero-order valence-corrected chi connectivity index (χ0v) is 12.6. The largest absolute Gasteiger partial charge is 0.481 e. The van der Waals surface area contributed by atoms with E-state index < -0.39 is 0 Å². The lowest BCUT2D eigenvalue weighted by Gasteiger charge is -2.31. The number of ether oxygens (including phenoxy) is 1. The summed E-state index contributed by atoms with van der Waals surface area (Å²) in [7, 11) is 3.86. The maximum atomic E-state index is 5.08. The molecule has 0 atom stereocenters. The highest BCUT2D eigenvalue weighted by Crippen LogP contribution is 2.21. The van der Waals surface area contributed by atoms with Gasteiger partial charge in [-0.2, -0.15) is 4.98 Å². The lowest BCUT2D eigenvalue weighted by atomic mass is 9.94. The fourth-order valence-corrected chi connectivity index (χ4v) is 2.77. The first-order valence-corrected chi connectivity index (χ1v) is 7.61. The van der Waals surface area contributed by atoms with Crippen molar-refractivity contribution < 1.29 is 4.74 Å². The van der Waals surface area contributed by atoms with Gasteiger partial charge in [-0.3, -0.25) is 0 Å². The zero-order valence-electron chi connectivity index (χ0n) is 12.6. The monoisotopic (exact) mass is 278 g/mol. The number of anilines is 1. The van der Waals surface area contributed by atoms with E-state index in [0.29, 0.717) is 11.8 Å². The molecule has 0 spiro atoms. The maximum absolute atomic E-state index is 5.08. The highest BCUT2D eigenvalue weighted by Gasteiger charge is 2.17. The summed E-state index contributed by atoms with van der Waals surface area (Å²) < 4.78 is 5.08. The predicted octanol–water partition coefficient (Wildman–Crippen LogP) is 2.55. The molecule has 0 radical (unpaired) electrons. The van der Waals surface area contributed by atoms with Crippen LogP contribution >= 0.6 is 0 Å². The molecule has 1 aliphatic carbocycles. The molecular formula is C15H26N4O. The second-order valence-corrected chi connectivity index (χ2v) is 5.48. The van der Waals surface area contributed by atoms with Crippen LogP contribution in [-0.2, 0) is 0 Å². The summed E-state index contributed by atoms with van der Waals surface area (Å²) in [5, 5.41) is 3.25. The Balaban J connectivity index is 1.65. The topological polar surface area (TPSA) is 50.3 Å². The van der Waals surface area contributed by atoms with Gasteiger partial charge in [0.15, 0.2) is 0 Å². The minimum atomic E-state index is 0.599. The van der Waals surface area contributed by atoms with Crippen LogP contribution in [0.25, 0.3) is 0 Å². The summed E-state index contributed by atoms with van der Waals surface area (Å²) >= 11 is 0. The van der Waals surface area contributed by atoms with Crippen molar-refractivity contribution in [3.8, 4) is 5.88 Å². The number of methoxy groups -OCH3 is 1. The molecule has 1 fully saturated rings. The van der Waals surface area contributed by atoms with Crippen LogP contribution in [0.2, 0.25) is 0 Å². The summed E-state index contributed by atoms with van der Waals surface area (Å²) in [6.45, 7) is 2.02. The van der Waals surface area contributed by atoms with Crippen molar-refractivity contribution in [3.05, 3.63) is 12.3 Å². The van der Waals surface area contributed by atoms with Crippen LogP contribution in [0.5, 0.6) is 5.88 Å². The Morgan fingerprint density at radius 3 is 2.90 bits per heavy atom. The normalized spacial score (nSPS) is 16.4. The Hall–Kier alpha value is -1.36. The molecule has 2 rings (SSSR count). The van der Waals surface area contributed by atoms with Crippen LogP contribution < -0.4 is 10.1 Å². The van der Waals surface area contributed by atoms with Gasteiger partial charge in [0.2, 0.25) is 11.8 Å². The molecule has 0 saturated heterocycles. The molecule has 1 saturated carbocycles. The molecule has 5 heteroatoms. The van der Waals surface area contributed by atoms with Crippen molar-refractivity contribution in [2.24, 2.45) is 0 Å². The summed E-state index contributed by atoms with van der Waals surface area (Å²) in [4.78, 5) is 10.9. The van der Waals surface area contributed by atoms with Crippen molar-refractivity contribution >= 4 is 5.95 Å². The van der Waals surface area contributed by atoms with E-state index in [4.69, 9.17) is 4.74 Å². The molecule has 1 aromatic heterocycles. The molecule has 1 aromatic rings. The maximum Gasteiger partial charge on any atom is 0.225 e. The van der Waals surface area contributed by atoms with Crippen molar-refractivity contribution in [3.63, 3.8) is 0 Å². The van der Waals surface area contributed by atoms with E-state index >= 15 is 0 Å². The predicted molar refractivity (Wildman–Crippen MR) is 81.2 cm³/mol. The smallest absolute Gasteiger partial charge is 0.225 e. The van der Waals surface area contributed by atoms with E-state index in [1.807, 2.05) is 0 Å². The first-order chi connectivity index (χ1) is 9.79. The van der Waals surface area contributed by atoms with Gasteiger partial charge in [0, 0.05) is 24.8 Å². The lowest BCUT2D eigenvalue weighted by Crippen LogP contribution is -2.34. The lowest BCUT2D eigenvalue weighted by molar-refractivity contribution is 0.191. The van der Waals surface area contributed by atoms with Gasteiger partial charge in [-0.05, 0) is 32.9 Å². The van der Waals surface area contributed by atoms with E-state index in [1.54, 1.807) is 19.4 Å². The number of nitrogens with zero attached hydrogens (tertiary/aromatic N) is 3. The Morgan fingerprint density at radius 2 is 2.15 bits per heavy atom. The molecule has 0 bridgehead atoms. The fraction of sp³-hybridized carbons (Fsp3) is 0.733. The molecule has 112 valence electrons. The third-order valence-electron chi connectivity index (χ3n) is 4.01. The molecule has 0 amide bonds. The SMILES string of the molecule is COc1ccnc(NCCCN(C)C2CCCCC2)n1. The number of hydrogen-bond donors (Lipinski definition) is 1. The van der Waals surface area contributed by atoms with Crippen molar-refractivity contribution in [2.75, 3.05) is 32.6 Å². The zero-order chi connectivity index (χ0) is 14.2. The van der Waals surface area contributed by atoms with Crippen molar-refractivity contribution in [2.45, 2.75) is 44.6 Å². The minimum Gasteiger partial charge on any atom is -0.481 e. The van der Waals surface area contributed by atoms with Crippen LogP contribution in [0.15, 0.2) is 12.3 Å². The van der Waals surface area contributed by atoms with Crippen LogP contribution in [-0.4, -0.2) is 48.2 Å². The van der Waals surface area contributed by atoms with Gasteiger partial charge in [-0.15, -0.1) is 0 Å². The molecule has 0 aliphatic heterocycles. The molecular weight excluding hydrogens is 252 g/mol. The average molecular weight is 278 g/mol. The molecule has 1 N–H and O–H groups in total. The van der Waals surface area contributed by atoms with Gasteiger partial charge in [0.05, 0.1) is 7.11 Å². The van der Waals surface area contributed by atoms with E-state index in [0.717, 1.165) is 25.6 Å². The molecule has 1 heterocycles. The van der Waals surface area contributed by atoms with Gasteiger partial charge < -0.3 is 15.0 Å². The fourth-order valence-electron chi connectivity index (χ4n) is 2.77. The van der Waals surface area contributed by atoms with Gasteiger partial charge in [-0.1, -0.05) is 19.3 Å². The van der Waals surface area contributed by atoms with E-state index in [1.165, 1.54) is 32.1 Å². The Labute approximate surface area is 121 Å². The summed E-state index contributed by atoms with van der Waals surface area (Å²) in [5.41, 5.74) is 0. The van der Waals surface area contributed by atoms with E-state index in [9.17, 15) is 0 Å². The third-order valence-corrected chi connectivity index (χ3v) is 4.01. The molecule has 5 nitrogen and oxygen atoms in total. The first-order valence-electron chi connectivity index (χ1n) is 7.61. The second kappa shape index (κ2) is 8.04. The summed E-state index contributed by atoms with van der Waals surface area (Å²) in [6, 6.07) is 2.54. The second-order valence-electron chi connectivity index (χ2n) is 5.48. The molecule has 0 unspecified atom stereocenters. The van der Waals surface area contributed by atoms with Gasteiger partial charge in [0.1, 0.15) is 0 Å². The van der Waals surface area contributed by atoms with E-state index in [2.05, 4.69) is 27.2 Å². The highest BCUT2D eigenvalue weighted by molar-refractivity contribution is 5.26. The van der Waals surface area contributed by atoms with Crippen LogP contribution in [0, 0.1) is 0 Å². The van der Waals surface area contributed by atoms with Crippen LogP contribution in [0.4, 0.5) is 5.95 Å². The summed E-state index contributed by atoms with van der Waals surface area (Å²) in [6.07, 6.45) is 9.75. The number of aromatic nitrogens is 2. The Bertz CT molecular complexity index is 393. The van der Waals surface area contributed by atoms with Gasteiger partial charge in [0.25, 0.3) is 0 Å². The number of hydrogen-bond acceptors (Lipinski definition) is 5. The average Bonchev–Trinajstić information content (AvgIpc) is 2.52. The third kappa shape index (κ3) is 4.63.